The average molecular weight is 276 g/mol. The maximum absolute atomic E-state index is 12.3. The molecule has 1 heterocycles. The van der Waals surface area contributed by atoms with Gasteiger partial charge in [-0.05, 0) is 36.5 Å². The maximum atomic E-state index is 12.3. The molecule has 0 spiro atoms. The number of aromatic nitrogens is 1. The zero-order valence-electron chi connectivity index (χ0n) is 12.4. The number of hydrogen-bond donors (Lipinski definition) is 0. The van der Waals surface area contributed by atoms with Crippen molar-refractivity contribution in [1.29, 1.82) is 0 Å². The van der Waals surface area contributed by atoms with Crippen molar-refractivity contribution in [3.05, 3.63) is 30.1 Å². The highest BCUT2D eigenvalue weighted by Crippen LogP contribution is 2.28. The molecule has 0 radical (unpaired) electrons. The van der Waals surface area contributed by atoms with Crippen LogP contribution in [0.2, 0.25) is 0 Å². The van der Waals surface area contributed by atoms with Gasteiger partial charge in [-0.15, -0.1) is 0 Å². The summed E-state index contributed by atoms with van der Waals surface area (Å²) in [6.07, 6.45) is 6.29. The van der Waals surface area contributed by atoms with Crippen LogP contribution in [0, 0.1) is 5.92 Å². The fourth-order valence-corrected chi connectivity index (χ4v) is 2.11. The molecule has 4 nitrogen and oxygen atoms in total. The van der Waals surface area contributed by atoms with Gasteiger partial charge in [0.15, 0.2) is 0 Å². The number of pyridine rings is 1. The lowest BCUT2D eigenvalue weighted by atomic mass is 10.2. The highest BCUT2D eigenvalue weighted by atomic mass is 16.5. The van der Waals surface area contributed by atoms with Crippen LogP contribution in [0.3, 0.4) is 0 Å². The van der Waals surface area contributed by atoms with Crippen LogP contribution in [0.5, 0.6) is 0 Å². The predicted molar refractivity (Wildman–Crippen MR) is 78.1 cm³/mol. The largest absolute Gasteiger partial charge is 0.381 e. The number of nitrogens with zero attached hydrogens (tertiary/aromatic N) is 2. The summed E-state index contributed by atoms with van der Waals surface area (Å²) < 4.78 is 5.51. The Morgan fingerprint density at radius 3 is 2.70 bits per heavy atom. The van der Waals surface area contributed by atoms with E-state index in [1.807, 2.05) is 17.0 Å². The Morgan fingerprint density at radius 2 is 2.10 bits per heavy atom. The molecule has 0 aromatic carbocycles. The summed E-state index contributed by atoms with van der Waals surface area (Å²) in [6, 6.07) is 4.37. The van der Waals surface area contributed by atoms with Crippen molar-refractivity contribution in [2.75, 3.05) is 13.2 Å². The number of ether oxygens (including phenoxy) is 1. The molecule has 20 heavy (non-hydrogen) atoms. The van der Waals surface area contributed by atoms with Gasteiger partial charge in [-0.25, -0.2) is 0 Å². The van der Waals surface area contributed by atoms with Crippen LogP contribution >= 0.6 is 0 Å². The molecule has 1 aliphatic carbocycles. The van der Waals surface area contributed by atoms with Crippen molar-refractivity contribution in [2.45, 2.75) is 45.7 Å². The molecule has 1 aliphatic rings. The van der Waals surface area contributed by atoms with E-state index >= 15 is 0 Å². The zero-order valence-corrected chi connectivity index (χ0v) is 12.4. The van der Waals surface area contributed by atoms with E-state index in [9.17, 15) is 4.79 Å². The van der Waals surface area contributed by atoms with Gasteiger partial charge < -0.3 is 9.64 Å². The fraction of sp³-hybridized carbons (Fsp3) is 0.625. The first kappa shape index (κ1) is 15.0. The van der Waals surface area contributed by atoms with Crippen molar-refractivity contribution in [3.63, 3.8) is 0 Å². The highest BCUT2D eigenvalue weighted by Gasteiger charge is 2.32. The number of carbonyl (C=O) groups excluding carboxylic acids is 1. The maximum Gasteiger partial charge on any atom is 0.225 e. The molecule has 2 rings (SSSR count). The minimum atomic E-state index is 0.202. The summed E-state index contributed by atoms with van der Waals surface area (Å²) in [4.78, 5) is 18.3. The minimum absolute atomic E-state index is 0.202. The number of amides is 1. The predicted octanol–water partition coefficient (Wildman–Crippen LogP) is 2.64. The van der Waals surface area contributed by atoms with Crippen molar-refractivity contribution in [1.82, 2.24) is 9.88 Å². The first-order valence-electron chi connectivity index (χ1n) is 7.43. The third-order valence-corrected chi connectivity index (χ3v) is 3.32. The molecule has 1 saturated carbocycles. The SMILES string of the molecule is CC(C)COCCC(=O)N(Cc1ccncc1)C1CC1. The van der Waals surface area contributed by atoms with Crippen LogP contribution in [0.25, 0.3) is 0 Å². The van der Waals surface area contributed by atoms with E-state index in [2.05, 4.69) is 18.8 Å². The molecule has 1 aromatic rings. The molecule has 0 atom stereocenters. The summed E-state index contributed by atoms with van der Waals surface area (Å²) >= 11 is 0. The summed E-state index contributed by atoms with van der Waals surface area (Å²) in [5.41, 5.74) is 1.14. The number of hydrogen-bond acceptors (Lipinski definition) is 3. The first-order chi connectivity index (χ1) is 9.66. The van der Waals surface area contributed by atoms with Crippen LogP contribution in [0.4, 0.5) is 0 Å². The monoisotopic (exact) mass is 276 g/mol. The molecule has 110 valence electrons. The minimum Gasteiger partial charge on any atom is -0.381 e. The Labute approximate surface area is 121 Å². The molecule has 0 bridgehead atoms. The van der Waals surface area contributed by atoms with Crippen LogP contribution < -0.4 is 0 Å². The van der Waals surface area contributed by atoms with Crippen LogP contribution in [-0.4, -0.2) is 35.0 Å². The molecule has 0 unspecified atom stereocenters. The highest BCUT2D eigenvalue weighted by molar-refractivity contribution is 5.77. The molecule has 1 fully saturated rings. The normalized spacial score (nSPS) is 14.6. The Hall–Kier alpha value is -1.42. The van der Waals surface area contributed by atoms with E-state index in [4.69, 9.17) is 4.74 Å². The molecule has 0 aliphatic heterocycles. The van der Waals surface area contributed by atoms with Crippen LogP contribution in [-0.2, 0) is 16.1 Å². The lowest BCUT2D eigenvalue weighted by Gasteiger charge is -2.22. The number of carbonyl (C=O) groups is 1. The molecular weight excluding hydrogens is 252 g/mol. The van der Waals surface area contributed by atoms with Gasteiger partial charge >= 0.3 is 0 Å². The molecule has 1 aromatic heterocycles. The quantitative estimate of drug-likeness (QED) is 0.685. The van der Waals surface area contributed by atoms with Gasteiger partial charge in [0.1, 0.15) is 0 Å². The van der Waals surface area contributed by atoms with Gasteiger partial charge in [0.2, 0.25) is 5.91 Å². The van der Waals surface area contributed by atoms with Crippen LogP contribution in [0.15, 0.2) is 24.5 Å². The van der Waals surface area contributed by atoms with E-state index in [1.54, 1.807) is 12.4 Å². The lowest BCUT2D eigenvalue weighted by molar-refractivity contribution is -0.133. The van der Waals surface area contributed by atoms with E-state index in [0.29, 0.717) is 31.5 Å². The van der Waals surface area contributed by atoms with Crippen molar-refractivity contribution < 1.29 is 9.53 Å². The average Bonchev–Trinajstić information content (AvgIpc) is 3.26. The second-order valence-electron chi connectivity index (χ2n) is 5.83. The third-order valence-electron chi connectivity index (χ3n) is 3.32. The second kappa shape index (κ2) is 7.39. The van der Waals surface area contributed by atoms with E-state index in [-0.39, 0.29) is 5.91 Å². The molecular formula is C16H24N2O2. The molecule has 4 heteroatoms. The van der Waals surface area contributed by atoms with Gasteiger partial charge in [-0.3, -0.25) is 9.78 Å². The van der Waals surface area contributed by atoms with Crippen molar-refractivity contribution in [2.24, 2.45) is 5.92 Å². The summed E-state index contributed by atoms with van der Waals surface area (Å²) in [5.74, 6) is 0.717. The van der Waals surface area contributed by atoms with Gasteiger partial charge in [0.05, 0.1) is 13.0 Å². The fourth-order valence-electron chi connectivity index (χ4n) is 2.11. The van der Waals surface area contributed by atoms with Crippen molar-refractivity contribution in [3.8, 4) is 0 Å². The first-order valence-corrected chi connectivity index (χ1v) is 7.43. The smallest absolute Gasteiger partial charge is 0.225 e. The van der Waals surface area contributed by atoms with Crippen molar-refractivity contribution >= 4 is 5.91 Å². The Bertz CT molecular complexity index is 416. The van der Waals surface area contributed by atoms with E-state index < -0.39 is 0 Å². The second-order valence-corrected chi connectivity index (χ2v) is 5.83. The van der Waals surface area contributed by atoms with Gasteiger partial charge in [-0.2, -0.15) is 0 Å². The topological polar surface area (TPSA) is 42.4 Å². The van der Waals surface area contributed by atoms with E-state index in [0.717, 1.165) is 25.0 Å². The van der Waals surface area contributed by atoms with Gasteiger partial charge in [-0.1, -0.05) is 13.8 Å². The van der Waals surface area contributed by atoms with Crippen LogP contribution in [0.1, 0.15) is 38.7 Å². The van der Waals surface area contributed by atoms with Gasteiger partial charge in [0.25, 0.3) is 0 Å². The Balaban J connectivity index is 1.81. The number of rotatable bonds is 8. The standard InChI is InChI=1S/C16H24N2O2/c1-13(2)12-20-10-7-16(19)18(15-3-4-15)11-14-5-8-17-9-6-14/h5-6,8-9,13,15H,3-4,7,10-12H2,1-2H3. The third kappa shape index (κ3) is 4.93. The summed E-state index contributed by atoms with van der Waals surface area (Å²) in [7, 11) is 0. The Morgan fingerprint density at radius 1 is 1.40 bits per heavy atom. The van der Waals surface area contributed by atoms with E-state index in [1.165, 1.54) is 0 Å². The lowest BCUT2D eigenvalue weighted by Crippen LogP contribution is -2.33. The Kier molecular flexibility index (Phi) is 5.53. The summed E-state index contributed by atoms with van der Waals surface area (Å²) in [5, 5.41) is 0. The summed E-state index contributed by atoms with van der Waals surface area (Å²) in [6.45, 7) is 6.16. The zero-order chi connectivity index (χ0) is 14.4. The molecule has 0 saturated heterocycles. The molecule has 1 amide bonds. The van der Waals surface area contributed by atoms with Gasteiger partial charge in [0, 0.05) is 31.6 Å². The molecule has 0 N–H and O–H groups in total.